The van der Waals surface area contributed by atoms with Gasteiger partial charge >= 0.3 is 0 Å². The number of amides is 1. The molecule has 1 aliphatic heterocycles. The van der Waals surface area contributed by atoms with Gasteiger partial charge in [0.05, 0.1) is 15.2 Å². The zero-order valence-corrected chi connectivity index (χ0v) is 12.4. The first-order chi connectivity index (χ1) is 9.63. The first kappa shape index (κ1) is 13.5. The summed E-state index contributed by atoms with van der Waals surface area (Å²) in [6.45, 7) is 1.98. The number of primary amides is 1. The van der Waals surface area contributed by atoms with Crippen LogP contribution < -0.4 is 5.73 Å². The quantitative estimate of drug-likeness (QED) is 0.942. The molecule has 0 spiro atoms. The molecule has 1 amide bonds. The largest absolute Gasteiger partial charge is 0.370 e. The molecule has 4 nitrogen and oxygen atoms in total. The van der Waals surface area contributed by atoms with E-state index >= 15 is 0 Å². The molecule has 2 aromatic rings. The molecule has 2 atom stereocenters. The Morgan fingerprint density at radius 2 is 2.30 bits per heavy atom. The van der Waals surface area contributed by atoms with Crippen molar-refractivity contribution in [2.75, 3.05) is 20.1 Å². The summed E-state index contributed by atoms with van der Waals surface area (Å²) in [6, 6.07) is 8.20. The highest BCUT2D eigenvalue weighted by molar-refractivity contribution is 7.18. The smallest absolute Gasteiger partial charge is 0.217 e. The van der Waals surface area contributed by atoms with Gasteiger partial charge in [-0.25, -0.2) is 4.98 Å². The molecule has 0 radical (unpaired) electrons. The third-order valence-electron chi connectivity index (χ3n) is 4.05. The van der Waals surface area contributed by atoms with Crippen LogP contribution in [0.3, 0.4) is 0 Å². The third kappa shape index (κ3) is 2.69. The zero-order chi connectivity index (χ0) is 14.1. The predicted molar refractivity (Wildman–Crippen MR) is 81.8 cm³/mol. The molecule has 0 aliphatic carbocycles. The Hall–Kier alpha value is -1.46. The van der Waals surface area contributed by atoms with Crippen molar-refractivity contribution >= 4 is 27.5 Å². The van der Waals surface area contributed by atoms with E-state index in [0.29, 0.717) is 18.3 Å². The average Bonchev–Trinajstić information content (AvgIpc) is 2.84. The van der Waals surface area contributed by atoms with E-state index in [4.69, 9.17) is 10.7 Å². The predicted octanol–water partition coefficient (Wildman–Crippen LogP) is 2.21. The van der Waals surface area contributed by atoms with E-state index in [0.717, 1.165) is 30.0 Å². The molecule has 1 aromatic heterocycles. The summed E-state index contributed by atoms with van der Waals surface area (Å²) in [5, 5.41) is 1.14. The van der Waals surface area contributed by atoms with Crippen LogP contribution in [0.5, 0.6) is 0 Å². The Kier molecular flexibility index (Phi) is 3.72. The molecular formula is C15H19N3OS. The molecule has 106 valence electrons. The molecular weight excluding hydrogens is 270 g/mol. The van der Waals surface area contributed by atoms with Crippen molar-refractivity contribution in [1.82, 2.24) is 9.88 Å². The molecule has 0 bridgehead atoms. The number of hydrogen-bond donors (Lipinski definition) is 1. The van der Waals surface area contributed by atoms with E-state index in [1.807, 2.05) is 18.2 Å². The van der Waals surface area contributed by atoms with Gasteiger partial charge in [0, 0.05) is 18.9 Å². The van der Waals surface area contributed by atoms with Gasteiger partial charge in [0.2, 0.25) is 5.91 Å². The van der Waals surface area contributed by atoms with Gasteiger partial charge in [-0.3, -0.25) is 4.79 Å². The Morgan fingerprint density at radius 3 is 3.05 bits per heavy atom. The van der Waals surface area contributed by atoms with Crippen LogP contribution in [0.1, 0.15) is 23.8 Å². The first-order valence-electron chi connectivity index (χ1n) is 6.96. The van der Waals surface area contributed by atoms with E-state index in [9.17, 15) is 4.79 Å². The number of nitrogens with two attached hydrogens (primary N) is 1. The fourth-order valence-electron chi connectivity index (χ4n) is 2.99. The summed E-state index contributed by atoms with van der Waals surface area (Å²) < 4.78 is 1.22. The van der Waals surface area contributed by atoms with E-state index in [1.165, 1.54) is 4.70 Å². The van der Waals surface area contributed by atoms with Gasteiger partial charge in [0.1, 0.15) is 0 Å². The topological polar surface area (TPSA) is 59.2 Å². The highest BCUT2D eigenvalue weighted by atomic mass is 32.1. The lowest BCUT2D eigenvalue weighted by molar-refractivity contribution is -0.119. The van der Waals surface area contributed by atoms with Gasteiger partial charge in [-0.2, -0.15) is 0 Å². The van der Waals surface area contributed by atoms with Crippen LogP contribution in [0.15, 0.2) is 24.3 Å². The van der Waals surface area contributed by atoms with Crippen molar-refractivity contribution in [3.63, 3.8) is 0 Å². The minimum Gasteiger partial charge on any atom is -0.370 e. The molecule has 1 saturated heterocycles. The number of carbonyl (C=O) groups excluding carboxylic acids is 1. The Bertz CT molecular complexity index is 591. The summed E-state index contributed by atoms with van der Waals surface area (Å²) in [6.07, 6.45) is 1.48. The number of thiazole rings is 1. The fraction of sp³-hybridized carbons (Fsp3) is 0.467. The van der Waals surface area contributed by atoms with Gasteiger partial charge in [-0.1, -0.05) is 12.1 Å². The van der Waals surface area contributed by atoms with Crippen LogP contribution in [0.4, 0.5) is 0 Å². The molecule has 0 saturated carbocycles. The lowest BCUT2D eigenvalue weighted by atomic mass is 9.83. The van der Waals surface area contributed by atoms with Crippen LogP contribution in [0.2, 0.25) is 0 Å². The number of fused-ring (bicyclic) bond motifs is 1. The van der Waals surface area contributed by atoms with Crippen molar-refractivity contribution in [3.05, 3.63) is 29.3 Å². The van der Waals surface area contributed by atoms with Crippen molar-refractivity contribution in [3.8, 4) is 0 Å². The molecule has 3 rings (SSSR count). The summed E-state index contributed by atoms with van der Waals surface area (Å²) in [4.78, 5) is 18.4. The number of rotatable bonds is 3. The van der Waals surface area contributed by atoms with Crippen molar-refractivity contribution in [2.45, 2.75) is 18.8 Å². The Labute approximate surface area is 122 Å². The number of carbonyl (C=O) groups is 1. The molecule has 1 aromatic carbocycles. The number of benzene rings is 1. The minimum absolute atomic E-state index is 0.203. The molecule has 5 heteroatoms. The highest BCUT2D eigenvalue weighted by Crippen LogP contribution is 2.37. The monoisotopic (exact) mass is 289 g/mol. The maximum atomic E-state index is 11.3. The standard InChI is InChI=1S/C15H19N3OS/c1-18-7-6-10(8-14(16)19)11(9-18)15-17-12-4-2-3-5-13(12)20-15/h2-5,10-11H,6-9H2,1H3,(H2,16,19). The maximum absolute atomic E-state index is 11.3. The van der Waals surface area contributed by atoms with Gasteiger partial charge < -0.3 is 10.6 Å². The van der Waals surface area contributed by atoms with E-state index < -0.39 is 0 Å². The molecule has 1 fully saturated rings. The molecule has 2 heterocycles. The summed E-state index contributed by atoms with van der Waals surface area (Å²) in [5.74, 6) is 0.438. The summed E-state index contributed by atoms with van der Waals surface area (Å²) in [5.41, 5.74) is 6.46. The van der Waals surface area contributed by atoms with Crippen molar-refractivity contribution in [2.24, 2.45) is 11.7 Å². The Morgan fingerprint density at radius 1 is 1.50 bits per heavy atom. The summed E-state index contributed by atoms with van der Waals surface area (Å²) in [7, 11) is 2.13. The minimum atomic E-state index is -0.203. The lowest BCUT2D eigenvalue weighted by Gasteiger charge is -2.35. The highest BCUT2D eigenvalue weighted by Gasteiger charge is 2.32. The number of likely N-dealkylation sites (tertiary alicyclic amines) is 1. The van der Waals surface area contributed by atoms with Crippen LogP contribution in [-0.2, 0) is 4.79 Å². The van der Waals surface area contributed by atoms with Crippen LogP contribution in [0.25, 0.3) is 10.2 Å². The van der Waals surface area contributed by atoms with E-state index in [1.54, 1.807) is 11.3 Å². The number of likely N-dealkylation sites (N-methyl/N-ethyl adjacent to an activating group) is 1. The molecule has 20 heavy (non-hydrogen) atoms. The second-order valence-corrected chi connectivity index (χ2v) is 6.67. The fourth-order valence-corrected chi connectivity index (χ4v) is 4.15. The first-order valence-corrected chi connectivity index (χ1v) is 7.77. The normalized spacial score (nSPS) is 24.1. The number of nitrogens with zero attached hydrogens (tertiary/aromatic N) is 2. The van der Waals surface area contributed by atoms with E-state index in [2.05, 4.69) is 18.0 Å². The maximum Gasteiger partial charge on any atom is 0.217 e. The van der Waals surface area contributed by atoms with Crippen LogP contribution in [0, 0.1) is 5.92 Å². The molecule has 2 N–H and O–H groups in total. The van der Waals surface area contributed by atoms with Gasteiger partial charge in [-0.05, 0) is 38.1 Å². The van der Waals surface area contributed by atoms with Gasteiger partial charge in [0.15, 0.2) is 0 Å². The van der Waals surface area contributed by atoms with Crippen molar-refractivity contribution < 1.29 is 4.79 Å². The van der Waals surface area contributed by atoms with Crippen LogP contribution >= 0.6 is 11.3 Å². The molecule has 2 unspecified atom stereocenters. The van der Waals surface area contributed by atoms with Gasteiger partial charge in [0.25, 0.3) is 0 Å². The number of hydrogen-bond acceptors (Lipinski definition) is 4. The SMILES string of the molecule is CN1CCC(CC(N)=O)C(c2nc3ccccc3s2)C1. The van der Waals surface area contributed by atoms with Crippen LogP contribution in [-0.4, -0.2) is 35.9 Å². The average molecular weight is 289 g/mol. The number of piperidine rings is 1. The number of para-hydroxylation sites is 1. The van der Waals surface area contributed by atoms with Crippen molar-refractivity contribution in [1.29, 1.82) is 0 Å². The third-order valence-corrected chi connectivity index (χ3v) is 5.22. The van der Waals surface area contributed by atoms with Gasteiger partial charge in [-0.15, -0.1) is 11.3 Å². The summed E-state index contributed by atoms with van der Waals surface area (Å²) >= 11 is 1.75. The number of aromatic nitrogens is 1. The Balaban J connectivity index is 1.92. The lowest BCUT2D eigenvalue weighted by Crippen LogP contribution is -2.38. The second kappa shape index (κ2) is 5.50. The second-order valence-electron chi connectivity index (χ2n) is 5.61. The van der Waals surface area contributed by atoms with E-state index in [-0.39, 0.29) is 5.91 Å². The zero-order valence-electron chi connectivity index (χ0n) is 11.6. The molecule has 1 aliphatic rings.